The maximum absolute atomic E-state index is 11.2. The van der Waals surface area contributed by atoms with E-state index in [4.69, 9.17) is 4.74 Å². The topological polar surface area (TPSA) is 70.6 Å². The summed E-state index contributed by atoms with van der Waals surface area (Å²) in [5.74, 6) is -0.0767. The van der Waals surface area contributed by atoms with Crippen LogP contribution >= 0.6 is 0 Å². The monoisotopic (exact) mass is 202 g/mol. The van der Waals surface area contributed by atoms with Gasteiger partial charge in [0, 0.05) is 26.6 Å². The van der Waals surface area contributed by atoms with Gasteiger partial charge in [0.15, 0.2) is 0 Å². The van der Waals surface area contributed by atoms with Gasteiger partial charge >= 0.3 is 0 Å². The van der Waals surface area contributed by atoms with Crippen LogP contribution in [0.2, 0.25) is 0 Å². The molecule has 0 saturated carbocycles. The minimum absolute atomic E-state index is 0.0767. The van der Waals surface area contributed by atoms with E-state index < -0.39 is 5.60 Å². The molecule has 5 heteroatoms. The van der Waals surface area contributed by atoms with E-state index >= 15 is 0 Å². The van der Waals surface area contributed by atoms with Gasteiger partial charge in [-0.25, -0.2) is 0 Å². The second-order valence-corrected chi connectivity index (χ2v) is 3.67. The highest BCUT2D eigenvalue weighted by Crippen LogP contribution is 2.12. The smallest absolute Gasteiger partial charge is 0.222 e. The number of carbonyl (C=O) groups is 1. The number of β-amino-alcohol motifs (C(OH)–C–C–N with tert-alkyl or cyclic N) is 1. The molecule has 1 heterocycles. The van der Waals surface area contributed by atoms with Gasteiger partial charge in [0.2, 0.25) is 5.91 Å². The van der Waals surface area contributed by atoms with Crippen molar-refractivity contribution in [3.63, 3.8) is 0 Å². The third-order valence-corrected chi connectivity index (χ3v) is 2.37. The molecule has 1 amide bonds. The minimum atomic E-state index is -0.761. The van der Waals surface area contributed by atoms with Crippen LogP contribution in [0.4, 0.5) is 0 Å². The van der Waals surface area contributed by atoms with Gasteiger partial charge in [0.1, 0.15) is 0 Å². The third-order valence-electron chi connectivity index (χ3n) is 2.37. The molecule has 82 valence electrons. The molecule has 0 aromatic rings. The Morgan fingerprint density at radius 2 is 2.50 bits per heavy atom. The van der Waals surface area contributed by atoms with Gasteiger partial charge in [-0.3, -0.25) is 4.79 Å². The Hall–Kier alpha value is -0.650. The Labute approximate surface area is 83.8 Å². The summed E-state index contributed by atoms with van der Waals surface area (Å²) >= 11 is 0. The highest BCUT2D eigenvalue weighted by atomic mass is 16.5. The van der Waals surface area contributed by atoms with Crippen molar-refractivity contribution >= 4 is 5.91 Å². The van der Waals surface area contributed by atoms with E-state index in [9.17, 15) is 9.90 Å². The SMILES string of the molecule is COCCC(=O)NCC1(O)CCNC1. The van der Waals surface area contributed by atoms with Crippen LogP contribution in [0.5, 0.6) is 0 Å². The Morgan fingerprint density at radius 3 is 3.07 bits per heavy atom. The fourth-order valence-corrected chi connectivity index (χ4v) is 1.43. The molecule has 0 aromatic carbocycles. The molecule has 5 nitrogen and oxygen atoms in total. The number of ether oxygens (including phenoxy) is 1. The largest absolute Gasteiger partial charge is 0.387 e. The average molecular weight is 202 g/mol. The molecule has 1 rings (SSSR count). The zero-order chi connectivity index (χ0) is 10.4. The van der Waals surface area contributed by atoms with Crippen LogP contribution < -0.4 is 10.6 Å². The van der Waals surface area contributed by atoms with Crippen LogP contribution in [0, 0.1) is 0 Å². The summed E-state index contributed by atoms with van der Waals surface area (Å²) < 4.78 is 4.77. The molecule has 1 unspecified atom stereocenters. The normalized spacial score (nSPS) is 26.4. The Bertz CT molecular complexity index is 190. The molecule has 0 aromatic heterocycles. The van der Waals surface area contributed by atoms with Crippen LogP contribution in [-0.4, -0.2) is 50.0 Å². The molecule has 1 atom stereocenters. The fraction of sp³-hybridized carbons (Fsp3) is 0.889. The van der Waals surface area contributed by atoms with Crippen molar-refractivity contribution < 1.29 is 14.6 Å². The van der Waals surface area contributed by atoms with Crippen molar-refractivity contribution in [1.29, 1.82) is 0 Å². The first kappa shape index (κ1) is 11.4. The van der Waals surface area contributed by atoms with E-state index in [0.717, 1.165) is 6.54 Å². The first-order valence-corrected chi connectivity index (χ1v) is 4.85. The molecule has 0 spiro atoms. The van der Waals surface area contributed by atoms with Crippen LogP contribution in [0.3, 0.4) is 0 Å². The molecule has 1 fully saturated rings. The van der Waals surface area contributed by atoms with Gasteiger partial charge in [-0.05, 0) is 13.0 Å². The van der Waals surface area contributed by atoms with Gasteiger partial charge in [-0.2, -0.15) is 0 Å². The molecule has 0 bridgehead atoms. The van der Waals surface area contributed by atoms with Crippen molar-refractivity contribution in [2.24, 2.45) is 0 Å². The van der Waals surface area contributed by atoms with E-state index in [0.29, 0.717) is 32.5 Å². The molecule has 0 aliphatic carbocycles. The summed E-state index contributed by atoms with van der Waals surface area (Å²) in [7, 11) is 1.56. The van der Waals surface area contributed by atoms with E-state index in [1.807, 2.05) is 0 Å². The summed E-state index contributed by atoms with van der Waals surface area (Å²) in [6.07, 6.45) is 1.04. The maximum atomic E-state index is 11.2. The molecule has 1 aliphatic rings. The second-order valence-electron chi connectivity index (χ2n) is 3.67. The highest BCUT2D eigenvalue weighted by molar-refractivity contribution is 5.76. The lowest BCUT2D eigenvalue weighted by atomic mass is 10.0. The lowest BCUT2D eigenvalue weighted by Crippen LogP contribution is -2.44. The number of rotatable bonds is 5. The number of methoxy groups -OCH3 is 1. The van der Waals surface area contributed by atoms with E-state index in [1.165, 1.54) is 0 Å². The maximum Gasteiger partial charge on any atom is 0.222 e. The zero-order valence-electron chi connectivity index (χ0n) is 8.51. The van der Waals surface area contributed by atoms with Crippen molar-refractivity contribution in [1.82, 2.24) is 10.6 Å². The van der Waals surface area contributed by atoms with E-state index in [1.54, 1.807) is 7.11 Å². The van der Waals surface area contributed by atoms with Crippen molar-refractivity contribution in [3.05, 3.63) is 0 Å². The number of aliphatic hydroxyl groups is 1. The van der Waals surface area contributed by atoms with E-state index in [-0.39, 0.29) is 5.91 Å². The lowest BCUT2D eigenvalue weighted by molar-refractivity contribution is -0.123. The Balaban J connectivity index is 2.15. The van der Waals surface area contributed by atoms with Crippen molar-refractivity contribution in [3.8, 4) is 0 Å². The standard InChI is InChI=1S/C9H18N2O3/c1-14-5-2-8(12)11-7-9(13)3-4-10-6-9/h10,13H,2-7H2,1H3,(H,11,12). The second kappa shape index (κ2) is 5.29. The lowest BCUT2D eigenvalue weighted by Gasteiger charge is -2.21. The highest BCUT2D eigenvalue weighted by Gasteiger charge is 2.30. The quantitative estimate of drug-likeness (QED) is 0.527. The predicted octanol–water partition coefficient (Wildman–Crippen LogP) is -1.14. The first-order valence-electron chi connectivity index (χ1n) is 4.85. The van der Waals surface area contributed by atoms with Crippen LogP contribution in [0.25, 0.3) is 0 Å². The average Bonchev–Trinajstić information content (AvgIpc) is 2.60. The van der Waals surface area contributed by atoms with Crippen LogP contribution in [0.1, 0.15) is 12.8 Å². The summed E-state index contributed by atoms with van der Waals surface area (Å²) in [4.78, 5) is 11.2. The summed E-state index contributed by atoms with van der Waals surface area (Å²) in [5.41, 5.74) is -0.761. The number of nitrogens with one attached hydrogen (secondary N) is 2. The summed E-state index contributed by atoms with van der Waals surface area (Å²) in [6.45, 7) is 2.10. The zero-order valence-corrected chi connectivity index (χ0v) is 8.51. The minimum Gasteiger partial charge on any atom is -0.387 e. The van der Waals surface area contributed by atoms with Crippen molar-refractivity contribution in [2.45, 2.75) is 18.4 Å². The van der Waals surface area contributed by atoms with Gasteiger partial charge in [-0.15, -0.1) is 0 Å². The number of amides is 1. The fourth-order valence-electron chi connectivity index (χ4n) is 1.43. The summed E-state index contributed by atoms with van der Waals surface area (Å²) in [5, 5.41) is 15.6. The Kier molecular flexibility index (Phi) is 4.31. The van der Waals surface area contributed by atoms with Crippen LogP contribution in [0.15, 0.2) is 0 Å². The molecular formula is C9H18N2O3. The van der Waals surface area contributed by atoms with Gasteiger partial charge < -0.3 is 20.5 Å². The van der Waals surface area contributed by atoms with Gasteiger partial charge in [0.25, 0.3) is 0 Å². The number of hydrogen-bond acceptors (Lipinski definition) is 4. The molecular weight excluding hydrogens is 184 g/mol. The third kappa shape index (κ3) is 3.61. The molecule has 0 radical (unpaired) electrons. The van der Waals surface area contributed by atoms with Gasteiger partial charge in [0.05, 0.1) is 12.2 Å². The predicted molar refractivity (Wildman–Crippen MR) is 51.9 cm³/mol. The number of hydrogen-bond donors (Lipinski definition) is 3. The van der Waals surface area contributed by atoms with E-state index in [2.05, 4.69) is 10.6 Å². The molecule has 1 aliphatic heterocycles. The molecule has 1 saturated heterocycles. The first-order chi connectivity index (χ1) is 6.66. The molecule has 14 heavy (non-hydrogen) atoms. The molecule has 3 N–H and O–H groups in total. The number of carbonyl (C=O) groups excluding carboxylic acids is 1. The van der Waals surface area contributed by atoms with Crippen molar-refractivity contribution in [2.75, 3.05) is 33.4 Å². The van der Waals surface area contributed by atoms with Gasteiger partial charge in [-0.1, -0.05) is 0 Å². The van der Waals surface area contributed by atoms with Crippen LogP contribution in [-0.2, 0) is 9.53 Å². The Morgan fingerprint density at radius 1 is 1.71 bits per heavy atom. The summed E-state index contributed by atoms with van der Waals surface area (Å²) in [6, 6.07) is 0.